The van der Waals surface area contributed by atoms with Crippen LogP contribution in [0.3, 0.4) is 0 Å². The van der Waals surface area contributed by atoms with E-state index in [1.165, 1.54) is 24.8 Å². The number of benzene rings is 1. The van der Waals surface area contributed by atoms with Gasteiger partial charge in [0, 0.05) is 0 Å². The SMILES string of the molecule is CC.CC(C)Cc1cc(C2CCC2)ccc1F. The minimum atomic E-state index is -0.0354. The molecule has 1 aliphatic rings. The topological polar surface area (TPSA) is 0 Å². The van der Waals surface area contributed by atoms with Gasteiger partial charge in [0.1, 0.15) is 5.82 Å². The molecule has 0 nitrogen and oxygen atoms in total. The molecule has 0 heterocycles. The summed E-state index contributed by atoms with van der Waals surface area (Å²) in [5.74, 6) is 1.19. The van der Waals surface area contributed by atoms with Crippen LogP contribution in [0.15, 0.2) is 18.2 Å². The lowest BCUT2D eigenvalue weighted by Crippen LogP contribution is -2.10. The average molecular weight is 236 g/mol. The van der Waals surface area contributed by atoms with Gasteiger partial charge in [-0.15, -0.1) is 0 Å². The predicted molar refractivity (Wildman–Crippen MR) is 72.9 cm³/mol. The van der Waals surface area contributed by atoms with E-state index in [1.54, 1.807) is 6.07 Å². The molecule has 0 N–H and O–H groups in total. The largest absolute Gasteiger partial charge is 0.207 e. The monoisotopic (exact) mass is 236 g/mol. The number of halogens is 1. The van der Waals surface area contributed by atoms with E-state index in [0.29, 0.717) is 11.8 Å². The Morgan fingerprint density at radius 3 is 2.35 bits per heavy atom. The molecule has 0 saturated heterocycles. The normalized spacial score (nSPS) is 15.2. The van der Waals surface area contributed by atoms with Crippen LogP contribution in [-0.2, 0) is 6.42 Å². The van der Waals surface area contributed by atoms with Crippen molar-refractivity contribution in [1.29, 1.82) is 0 Å². The summed E-state index contributed by atoms with van der Waals surface area (Å²) in [6.07, 6.45) is 4.76. The number of hydrogen-bond acceptors (Lipinski definition) is 0. The summed E-state index contributed by atoms with van der Waals surface area (Å²) in [6, 6.07) is 5.69. The minimum Gasteiger partial charge on any atom is -0.207 e. The Morgan fingerprint density at radius 1 is 1.24 bits per heavy atom. The summed E-state index contributed by atoms with van der Waals surface area (Å²) in [5.41, 5.74) is 2.24. The van der Waals surface area contributed by atoms with Gasteiger partial charge in [-0.3, -0.25) is 0 Å². The predicted octanol–water partition coefficient (Wildman–Crippen LogP) is 5.32. The molecule has 0 aliphatic heterocycles. The molecule has 0 spiro atoms. The number of hydrogen-bond donors (Lipinski definition) is 0. The van der Waals surface area contributed by atoms with E-state index in [2.05, 4.69) is 19.9 Å². The molecule has 0 amide bonds. The summed E-state index contributed by atoms with van der Waals surface area (Å²) in [5, 5.41) is 0. The van der Waals surface area contributed by atoms with Crippen LogP contribution in [0.4, 0.5) is 4.39 Å². The first kappa shape index (κ1) is 14.2. The van der Waals surface area contributed by atoms with Crippen LogP contribution in [-0.4, -0.2) is 0 Å². The quantitative estimate of drug-likeness (QED) is 0.666. The molecule has 1 aromatic rings. The Labute approximate surface area is 105 Å². The van der Waals surface area contributed by atoms with E-state index in [9.17, 15) is 4.39 Å². The van der Waals surface area contributed by atoms with E-state index >= 15 is 0 Å². The third-order valence-electron chi connectivity index (χ3n) is 3.27. The fourth-order valence-electron chi connectivity index (χ4n) is 2.19. The standard InChI is InChI=1S/C14H19F.C2H6/c1-10(2)8-13-9-12(6-7-14(13)15)11-4-3-5-11;1-2/h6-7,9-11H,3-5,8H2,1-2H3;1-2H3. The Kier molecular flexibility index (Phi) is 5.67. The molecule has 1 aromatic carbocycles. The maximum Gasteiger partial charge on any atom is 0.126 e. The van der Waals surface area contributed by atoms with Gasteiger partial charge in [-0.1, -0.05) is 46.2 Å². The maximum absolute atomic E-state index is 13.5. The van der Waals surface area contributed by atoms with Gasteiger partial charge in [0.25, 0.3) is 0 Å². The second-order valence-electron chi connectivity index (χ2n) is 5.08. The second-order valence-corrected chi connectivity index (χ2v) is 5.08. The van der Waals surface area contributed by atoms with Gasteiger partial charge in [0.05, 0.1) is 0 Å². The van der Waals surface area contributed by atoms with Gasteiger partial charge in [-0.2, -0.15) is 0 Å². The molecule has 0 unspecified atom stereocenters. The summed E-state index contributed by atoms with van der Waals surface area (Å²) in [4.78, 5) is 0. The molecular formula is C16H25F. The van der Waals surface area contributed by atoms with Crippen molar-refractivity contribution in [3.8, 4) is 0 Å². The molecule has 96 valence electrons. The van der Waals surface area contributed by atoms with Gasteiger partial charge in [-0.25, -0.2) is 4.39 Å². The van der Waals surface area contributed by atoms with E-state index in [4.69, 9.17) is 0 Å². The summed E-state index contributed by atoms with van der Waals surface area (Å²) in [7, 11) is 0. The lowest BCUT2D eigenvalue weighted by molar-refractivity contribution is 0.418. The minimum absolute atomic E-state index is 0.0354. The fraction of sp³-hybridized carbons (Fsp3) is 0.625. The average Bonchev–Trinajstić information content (AvgIpc) is 2.23. The molecule has 1 heteroatoms. The highest BCUT2D eigenvalue weighted by Crippen LogP contribution is 2.37. The lowest BCUT2D eigenvalue weighted by atomic mass is 9.79. The van der Waals surface area contributed by atoms with Crippen molar-refractivity contribution in [2.45, 2.75) is 59.3 Å². The molecule has 0 atom stereocenters. The first-order chi connectivity index (χ1) is 8.16. The van der Waals surface area contributed by atoms with Crippen LogP contribution in [0.2, 0.25) is 0 Å². The molecule has 2 rings (SSSR count). The van der Waals surface area contributed by atoms with Crippen molar-refractivity contribution in [1.82, 2.24) is 0 Å². The van der Waals surface area contributed by atoms with Crippen molar-refractivity contribution < 1.29 is 4.39 Å². The summed E-state index contributed by atoms with van der Waals surface area (Å²) >= 11 is 0. The molecule has 17 heavy (non-hydrogen) atoms. The zero-order valence-corrected chi connectivity index (χ0v) is 11.6. The summed E-state index contributed by atoms with van der Waals surface area (Å²) in [6.45, 7) is 8.27. The van der Waals surface area contributed by atoms with E-state index in [1.807, 2.05) is 19.9 Å². The maximum atomic E-state index is 13.5. The van der Waals surface area contributed by atoms with Gasteiger partial charge in [0.2, 0.25) is 0 Å². The molecule has 0 bridgehead atoms. The van der Waals surface area contributed by atoms with Crippen LogP contribution < -0.4 is 0 Å². The molecular weight excluding hydrogens is 211 g/mol. The first-order valence-electron chi connectivity index (χ1n) is 6.95. The van der Waals surface area contributed by atoms with Crippen LogP contribution in [0, 0.1) is 11.7 Å². The Hall–Kier alpha value is -0.850. The first-order valence-corrected chi connectivity index (χ1v) is 6.95. The zero-order chi connectivity index (χ0) is 12.8. The van der Waals surface area contributed by atoms with Crippen molar-refractivity contribution in [2.75, 3.05) is 0 Å². The third kappa shape index (κ3) is 3.83. The van der Waals surface area contributed by atoms with Crippen LogP contribution in [0.1, 0.15) is 64.0 Å². The van der Waals surface area contributed by atoms with Gasteiger partial charge < -0.3 is 0 Å². The molecule has 1 aliphatic carbocycles. The lowest BCUT2D eigenvalue weighted by Gasteiger charge is -2.26. The molecule has 1 saturated carbocycles. The zero-order valence-electron chi connectivity index (χ0n) is 11.6. The Morgan fingerprint density at radius 2 is 1.88 bits per heavy atom. The van der Waals surface area contributed by atoms with E-state index in [0.717, 1.165) is 12.0 Å². The van der Waals surface area contributed by atoms with E-state index < -0.39 is 0 Å². The number of rotatable bonds is 3. The van der Waals surface area contributed by atoms with Gasteiger partial charge in [0.15, 0.2) is 0 Å². The van der Waals surface area contributed by atoms with Crippen molar-refractivity contribution >= 4 is 0 Å². The van der Waals surface area contributed by atoms with Crippen molar-refractivity contribution in [2.24, 2.45) is 5.92 Å². The van der Waals surface area contributed by atoms with Crippen LogP contribution in [0.5, 0.6) is 0 Å². The molecule has 1 fully saturated rings. The van der Waals surface area contributed by atoms with Gasteiger partial charge >= 0.3 is 0 Å². The van der Waals surface area contributed by atoms with E-state index in [-0.39, 0.29) is 5.82 Å². The molecule has 0 radical (unpaired) electrons. The highest BCUT2D eigenvalue weighted by atomic mass is 19.1. The van der Waals surface area contributed by atoms with Crippen molar-refractivity contribution in [3.05, 3.63) is 35.1 Å². The highest BCUT2D eigenvalue weighted by Gasteiger charge is 2.20. The van der Waals surface area contributed by atoms with Crippen LogP contribution in [0.25, 0.3) is 0 Å². The Bertz CT molecular complexity index is 337. The van der Waals surface area contributed by atoms with Crippen LogP contribution >= 0.6 is 0 Å². The third-order valence-corrected chi connectivity index (χ3v) is 3.27. The second kappa shape index (κ2) is 6.78. The highest BCUT2D eigenvalue weighted by molar-refractivity contribution is 5.29. The molecule has 0 aromatic heterocycles. The fourth-order valence-corrected chi connectivity index (χ4v) is 2.19. The van der Waals surface area contributed by atoms with Crippen molar-refractivity contribution in [3.63, 3.8) is 0 Å². The summed E-state index contributed by atoms with van der Waals surface area (Å²) < 4.78 is 13.5. The van der Waals surface area contributed by atoms with Gasteiger partial charge in [-0.05, 0) is 48.3 Å². The Balaban J connectivity index is 0.000000686. The smallest absolute Gasteiger partial charge is 0.126 e.